The predicted molar refractivity (Wildman–Crippen MR) is 67.2 cm³/mol. The number of nitrogens with zero attached hydrogens (tertiary/aromatic N) is 1. The van der Waals surface area contributed by atoms with E-state index in [9.17, 15) is 9.90 Å². The van der Waals surface area contributed by atoms with Gasteiger partial charge in [-0.25, -0.2) is 4.79 Å². The molecule has 3 N–H and O–H groups in total. The van der Waals surface area contributed by atoms with Crippen LogP contribution < -0.4 is 5.73 Å². The third-order valence-electron chi connectivity index (χ3n) is 2.73. The van der Waals surface area contributed by atoms with Crippen molar-refractivity contribution in [1.29, 1.82) is 0 Å². The van der Waals surface area contributed by atoms with Gasteiger partial charge < -0.3 is 25.2 Å². The molecule has 1 saturated heterocycles. The van der Waals surface area contributed by atoms with Gasteiger partial charge in [0.15, 0.2) is 0 Å². The molecule has 1 unspecified atom stereocenters. The lowest BCUT2D eigenvalue weighted by Gasteiger charge is -2.28. The van der Waals surface area contributed by atoms with Gasteiger partial charge in [0.1, 0.15) is 5.60 Å². The van der Waals surface area contributed by atoms with Gasteiger partial charge in [-0.1, -0.05) is 0 Å². The van der Waals surface area contributed by atoms with E-state index in [1.807, 2.05) is 20.8 Å². The van der Waals surface area contributed by atoms with Crippen LogP contribution in [0.1, 0.15) is 20.8 Å². The number of carbonyl (C=O) groups excluding carboxylic acids is 1. The Morgan fingerprint density at radius 3 is 2.83 bits per heavy atom. The third-order valence-corrected chi connectivity index (χ3v) is 2.73. The quantitative estimate of drug-likeness (QED) is 0.740. The number of aliphatic hydroxyl groups excluding tert-OH is 1. The number of rotatable bonds is 2. The summed E-state index contributed by atoms with van der Waals surface area (Å²) in [5.41, 5.74) is 4.92. The van der Waals surface area contributed by atoms with E-state index in [0.717, 1.165) is 0 Å². The Hall–Kier alpha value is -0.850. The molecule has 0 aliphatic carbocycles. The molecule has 0 radical (unpaired) electrons. The van der Waals surface area contributed by atoms with E-state index in [1.54, 1.807) is 4.90 Å². The van der Waals surface area contributed by atoms with Gasteiger partial charge in [0.25, 0.3) is 0 Å². The summed E-state index contributed by atoms with van der Waals surface area (Å²) in [5, 5.41) is 9.76. The summed E-state index contributed by atoms with van der Waals surface area (Å²) in [6, 6.07) is 0. The van der Waals surface area contributed by atoms with Crippen molar-refractivity contribution in [3.8, 4) is 0 Å². The molecular weight excluding hydrogens is 236 g/mol. The SMILES string of the molecule is CC(C)(C)OC(=O)N1CCOC[C@@H](C(O)CN)C1. The topological polar surface area (TPSA) is 85.0 Å². The zero-order valence-electron chi connectivity index (χ0n) is 11.4. The number of aliphatic hydroxyl groups is 1. The molecule has 1 aliphatic heterocycles. The molecule has 0 aromatic rings. The fourth-order valence-corrected chi connectivity index (χ4v) is 1.75. The van der Waals surface area contributed by atoms with Crippen LogP contribution in [0.3, 0.4) is 0 Å². The Morgan fingerprint density at radius 1 is 1.61 bits per heavy atom. The predicted octanol–water partition coefficient (Wildman–Crippen LogP) is 0.190. The van der Waals surface area contributed by atoms with Crippen LogP contribution in [0.5, 0.6) is 0 Å². The maximum Gasteiger partial charge on any atom is 0.410 e. The Morgan fingerprint density at radius 2 is 2.28 bits per heavy atom. The van der Waals surface area contributed by atoms with Crippen LogP contribution >= 0.6 is 0 Å². The Kier molecular flexibility index (Phi) is 5.37. The molecule has 0 aromatic heterocycles. The highest BCUT2D eigenvalue weighted by atomic mass is 16.6. The fraction of sp³-hybridized carbons (Fsp3) is 0.917. The van der Waals surface area contributed by atoms with Crippen molar-refractivity contribution >= 4 is 6.09 Å². The van der Waals surface area contributed by atoms with Gasteiger partial charge in [0.05, 0.1) is 19.3 Å². The molecule has 0 spiro atoms. The molecule has 1 rings (SSSR count). The first-order valence-electron chi connectivity index (χ1n) is 6.27. The van der Waals surface area contributed by atoms with E-state index in [2.05, 4.69) is 0 Å². The van der Waals surface area contributed by atoms with Crippen molar-refractivity contribution in [2.24, 2.45) is 11.7 Å². The van der Waals surface area contributed by atoms with E-state index in [4.69, 9.17) is 15.2 Å². The number of nitrogens with two attached hydrogens (primary N) is 1. The molecule has 18 heavy (non-hydrogen) atoms. The van der Waals surface area contributed by atoms with Gasteiger partial charge in [-0.05, 0) is 20.8 Å². The van der Waals surface area contributed by atoms with Gasteiger partial charge in [0, 0.05) is 25.6 Å². The van der Waals surface area contributed by atoms with Crippen LogP contribution in [-0.4, -0.2) is 60.7 Å². The van der Waals surface area contributed by atoms with Gasteiger partial charge in [0.2, 0.25) is 0 Å². The third kappa shape index (κ3) is 4.80. The van der Waals surface area contributed by atoms with Crippen molar-refractivity contribution in [3.05, 3.63) is 0 Å². The second kappa shape index (κ2) is 6.36. The second-order valence-corrected chi connectivity index (χ2v) is 5.56. The highest BCUT2D eigenvalue weighted by Gasteiger charge is 2.29. The fourth-order valence-electron chi connectivity index (χ4n) is 1.75. The van der Waals surface area contributed by atoms with E-state index in [0.29, 0.717) is 26.3 Å². The minimum Gasteiger partial charge on any atom is -0.444 e. The lowest BCUT2D eigenvalue weighted by molar-refractivity contribution is 0.0181. The van der Waals surface area contributed by atoms with Crippen LogP contribution in [0.25, 0.3) is 0 Å². The maximum atomic E-state index is 12.0. The van der Waals surface area contributed by atoms with Crippen LogP contribution in [-0.2, 0) is 9.47 Å². The summed E-state index contributed by atoms with van der Waals surface area (Å²) < 4.78 is 10.7. The first-order chi connectivity index (χ1) is 8.33. The van der Waals surface area contributed by atoms with Gasteiger partial charge >= 0.3 is 6.09 Å². The largest absolute Gasteiger partial charge is 0.444 e. The van der Waals surface area contributed by atoms with E-state index >= 15 is 0 Å². The van der Waals surface area contributed by atoms with Crippen LogP contribution in [0.4, 0.5) is 4.79 Å². The minimum absolute atomic E-state index is 0.162. The maximum absolute atomic E-state index is 12.0. The van der Waals surface area contributed by atoms with Crippen LogP contribution in [0, 0.1) is 5.92 Å². The minimum atomic E-state index is -0.659. The van der Waals surface area contributed by atoms with Gasteiger partial charge in [-0.3, -0.25) is 0 Å². The van der Waals surface area contributed by atoms with Crippen LogP contribution in [0.15, 0.2) is 0 Å². The lowest BCUT2D eigenvalue weighted by Crippen LogP contribution is -2.43. The number of carbonyl (C=O) groups is 1. The summed E-state index contributed by atoms with van der Waals surface area (Å²) in [5.74, 6) is -0.162. The Labute approximate surface area is 108 Å². The molecular formula is C12H24N2O4. The summed E-state index contributed by atoms with van der Waals surface area (Å²) in [4.78, 5) is 13.5. The molecule has 1 amide bonds. The number of hydrogen-bond acceptors (Lipinski definition) is 5. The normalized spacial score (nSPS) is 23.4. The van der Waals surface area contributed by atoms with Gasteiger partial charge in [-0.15, -0.1) is 0 Å². The molecule has 0 saturated carbocycles. The summed E-state index contributed by atoms with van der Waals surface area (Å²) in [6.07, 6.45) is -1.03. The first kappa shape index (κ1) is 15.2. The summed E-state index contributed by atoms with van der Waals surface area (Å²) in [7, 11) is 0. The smallest absolute Gasteiger partial charge is 0.410 e. The zero-order valence-corrected chi connectivity index (χ0v) is 11.4. The van der Waals surface area contributed by atoms with Crippen molar-refractivity contribution in [2.75, 3.05) is 32.8 Å². The van der Waals surface area contributed by atoms with Crippen molar-refractivity contribution in [1.82, 2.24) is 4.90 Å². The molecule has 1 aliphatic rings. The average molecular weight is 260 g/mol. The highest BCUT2D eigenvalue weighted by Crippen LogP contribution is 2.15. The Balaban J connectivity index is 2.61. The highest BCUT2D eigenvalue weighted by molar-refractivity contribution is 5.68. The number of ether oxygens (including phenoxy) is 2. The van der Waals surface area contributed by atoms with Crippen molar-refractivity contribution < 1.29 is 19.4 Å². The van der Waals surface area contributed by atoms with E-state index < -0.39 is 11.7 Å². The van der Waals surface area contributed by atoms with Crippen LogP contribution in [0.2, 0.25) is 0 Å². The molecule has 0 aromatic carbocycles. The number of amides is 1. The van der Waals surface area contributed by atoms with Gasteiger partial charge in [-0.2, -0.15) is 0 Å². The molecule has 2 atom stereocenters. The van der Waals surface area contributed by atoms with E-state index in [1.165, 1.54) is 0 Å². The molecule has 6 nitrogen and oxygen atoms in total. The molecule has 0 bridgehead atoms. The van der Waals surface area contributed by atoms with E-state index in [-0.39, 0.29) is 18.6 Å². The monoisotopic (exact) mass is 260 g/mol. The standard InChI is InChI=1S/C12H24N2O4/c1-12(2,3)18-11(16)14-4-5-17-8-9(7-14)10(15)6-13/h9-10,15H,4-8,13H2,1-3H3/t9-,10?/m0/s1. The average Bonchev–Trinajstić information content (AvgIpc) is 2.51. The second-order valence-electron chi connectivity index (χ2n) is 5.56. The molecule has 106 valence electrons. The Bertz CT molecular complexity index is 278. The van der Waals surface area contributed by atoms with Crippen molar-refractivity contribution in [3.63, 3.8) is 0 Å². The number of hydrogen-bond donors (Lipinski definition) is 2. The zero-order chi connectivity index (χ0) is 13.8. The van der Waals surface area contributed by atoms with Crippen molar-refractivity contribution in [2.45, 2.75) is 32.5 Å². The summed E-state index contributed by atoms with van der Waals surface area (Å²) in [6.45, 7) is 7.39. The molecule has 1 fully saturated rings. The first-order valence-corrected chi connectivity index (χ1v) is 6.27. The lowest BCUT2D eigenvalue weighted by atomic mass is 10.0. The summed E-state index contributed by atoms with van der Waals surface area (Å²) >= 11 is 0. The molecule has 6 heteroatoms. The molecule has 1 heterocycles.